The lowest BCUT2D eigenvalue weighted by Gasteiger charge is -2.24. The van der Waals surface area contributed by atoms with Crippen LogP contribution in [0.1, 0.15) is 32.1 Å². The fraction of sp³-hybridized carbons (Fsp3) is 0.600. The number of hydrogen-bond donors (Lipinski definition) is 1. The molecule has 0 atom stereocenters. The van der Waals surface area contributed by atoms with Gasteiger partial charge in [-0.15, -0.1) is 0 Å². The van der Waals surface area contributed by atoms with Crippen molar-refractivity contribution in [2.75, 3.05) is 25.6 Å². The van der Waals surface area contributed by atoms with E-state index in [0.29, 0.717) is 19.3 Å². The Morgan fingerprint density at radius 1 is 1.17 bits per heavy atom. The Balaban J connectivity index is 1.85. The van der Waals surface area contributed by atoms with E-state index >= 15 is 0 Å². The molecule has 18 heavy (non-hydrogen) atoms. The van der Waals surface area contributed by atoms with Crippen LogP contribution in [0.4, 0.5) is 5.69 Å². The summed E-state index contributed by atoms with van der Waals surface area (Å²) in [6, 6.07) is 8.84. The van der Waals surface area contributed by atoms with Crippen molar-refractivity contribution < 1.29 is 9.47 Å². The summed E-state index contributed by atoms with van der Waals surface area (Å²) in [5, 5.41) is 3.60. The van der Waals surface area contributed by atoms with E-state index < -0.39 is 0 Å². The Labute approximate surface area is 109 Å². The molecule has 0 bridgehead atoms. The fourth-order valence-corrected chi connectivity index (χ4v) is 2.40. The molecule has 0 saturated heterocycles. The van der Waals surface area contributed by atoms with Gasteiger partial charge in [0.25, 0.3) is 0 Å². The van der Waals surface area contributed by atoms with Crippen molar-refractivity contribution >= 4 is 5.69 Å². The summed E-state index contributed by atoms with van der Waals surface area (Å²) >= 11 is 0. The second kappa shape index (κ2) is 7.27. The van der Waals surface area contributed by atoms with Crippen molar-refractivity contribution in [1.82, 2.24) is 0 Å². The van der Waals surface area contributed by atoms with E-state index in [0.717, 1.165) is 11.4 Å². The molecular weight excluding hydrogens is 226 g/mol. The molecule has 0 unspecified atom stereocenters. The summed E-state index contributed by atoms with van der Waals surface area (Å²) in [6.07, 6.45) is 6.66. The summed E-state index contributed by atoms with van der Waals surface area (Å²) in [6.45, 7) is 1.23. The Morgan fingerprint density at radius 3 is 2.78 bits per heavy atom. The largest absolute Gasteiger partial charge is 0.491 e. The molecule has 1 aromatic rings. The van der Waals surface area contributed by atoms with E-state index in [1.165, 1.54) is 32.1 Å². The summed E-state index contributed by atoms with van der Waals surface area (Å²) in [7, 11) is 1.68. The van der Waals surface area contributed by atoms with Gasteiger partial charge >= 0.3 is 0 Å². The molecule has 0 heterocycles. The minimum atomic E-state index is 0.601. The number of hydrogen-bond acceptors (Lipinski definition) is 3. The zero-order valence-corrected chi connectivity index (χ0v) is 11.2. The van der Waals surface area contributed by atoms with Crippen LogP contribution >= 0.6 is 0 Å². The summed E-state index contributed by atoms with van der Waals surface area (Å²) in [5.41, 5.74) is 1.16. The first-order valence-electron chi connectivity index (χ1n) is 6.87. The number of benzene rings is 1. The van der Waals surface area contributed by atoms with Gasteiger partial charge in [0.15, 0.2) is 0 Å². The quantitative estimate of drug-likeness (QED) is 0.783. The van der Waals surface area contributed by atoms with E-state index in [2.05, 4.69) is 17.4 Å². The fourth-order valence-electron chi connectivity index (χ4n) is 2.40. The smallest absolute Gasteiger partial charge is 0.121 e. The lowest BCUT2D eigenvalue weighted by atomic mass is 9.95. The molecule has 1 aliphatic carbocycles. The molecule has 1 aromatic carbocycles. The van der Waals surface area contributed by atoms with Gasteiger partial charge in [0.2, 0.25) is 0 Å². The molecule has 1 aliphatic rings. The standard InChI is InChI=1S/C15H23NO2/c1-17-10-11-18-15-9-5-8-14(12-15)16-13-6-3-2-4-7-13/h5,8-9,12-13,16H,2-4,6-7,10-11H2,1H3. The zero-order valence-electron chi connectivity index (χ0n) is 11.2. The van der Waals surface area contributed by atoms with Crippen molar-refractivity contribution in [1.29, 1.82) is 0 Å². The molecule has 0 aliphatic heterocycles. The van der Waals surface area contributed by atoms with Crippen LogP contribution in [0.5, 0.6) is 5.75 Å². The number of rotatable bonds is 6. The molecule has 0 spiro atoms. The topological polar surface area (TPSA) is 30.5 Å². The first kappa shape index (κ1) is 13.2. The molecule has 1 saturated carbocycles. The first-order chi connectivity index (χ1) is 8.88. The van der Waals surface area contributed by atoms with Crippen LogP contribution in [-0.2, 0) is 4.74 Å². The Morgan fingerprint density at radius 2 is 2.00 bits per heavy atom. The molecule has 2 rings (SSSR count). The predicted molar refractivity (Wildman–Crippen MR) is 74.3 cm³/mol. The van der Waals surface area contributed by atoms with Crippen LogP contribution in [0.25, 0.3) is 0 Å². The molecule has 0 radical (unpaired) electrons. The van der Waals surface area contributed by atoms with Gasteiger partial charge in [-0.2, -0.15) is 0 Å². The van der Waals surface area contributed by atoms with E-state index in [-0.39, 0.29) is 0 Å². The first-order valence-corrected chi connectivity index (χ1v) is 6.87. The van der Waals surface area contributed by atoms with Crippen molar-refractivity contribution in [3.63, 3.8) is 0 Å². The molecule has 0 aromatic heterocycles. The van der Waals surface area contributed by atoms with Crippen LogP contribution in [0.3, 0.4) is 0 Å². The van der Waals surface area contributed by atoms with Crippen LogP contribution < -0.4 is 10.1 Å². The van der Waals surface area contributed by atoms with Crippen LogP contribution in [0.2, 0.25) is 0 Å². The van der Waals surface area contributed by atoms with Crippen molar-refractivity contribution in [3.05, 3.63) is 24.3 Å². The van der Waals surface area contributed by atoms with E-state index in [4.69, 9.17) is 9.47 Å². The number of nitrogens with one attached hydrogen (secondary N) is 1. The van der Waals surface area contributed by atoms with Gasteiger partial charge in [0.05, 0.1) is 6.61 Å². The molecule has 100 valence electrons. The van der Waals surface area contributed by atoms with Gasteiger partial charge in [-0.05, 0) is 25.0 Å². The molecule has 1 fully saturated rings. The lowest BCUT2D eigenvalue weighted by molar-refractivity contribution is 0.146. The average Bonchev–Trinajstić information content (AvgIpc) is 2.41. The van der Waals surface area contributed by atoms with E-state index in [9.17, 15) is 0 Å². The number of ether oxygens (including phenoxy) is 2. The minimum absolute atomic E-state index is 0.601. The highest BCUT2D eigenvalue weighted by Crippen LogP contribution is 2.23. The second-order valence-corrected chi connectivity index (χ2v) is 4.85. The highest BCUT2D eigenvalue weighted by atomic mass is 16.5. The van der Waals surface area contributed by atoms with E-state index in [1.807, 2.05) is 12.1 Å². The van der Waals surface area contributed by atoms with Crippen LogP contribution in [-0.4, -0.2) is 26.4 Å². The van der Waals surface area contributed by atoms with Crippen LogP contribution in [0, 0.1) is 0 Å². The Kier molecular flexibility index (Phi) is 5.34. The van der Waals surface area contributed by atoms with Crippen LogP contribution in [0.15, 0.2) is 24.3 Å². The van der Waals surface area contributed by atoms with Crippen molar-refractivity contribution in [3.8, 4) is 5.75 Å². The third-order valence-corrected chi connectivity index (χ3v) is 3.37. The third kappa shape index (κ3) is 4.22. The number of methoxy groups -OCH3 is 1. The SMILES string of the molecule is COCCOc1cccc(NC2CCCCC2)c1. The highest BCUT2D eigenvalue weighted by molar-refractivity contribution is 5.48. The van der Waals surface area contributed by atoms with Gasteiger partial charge < -0.3 is 14.8 Å². The zero-order chi connectivity index (χ0) is 12.6. The summed E-state index contributed by atoms with van der Waals surface area (Å²) < 4.78 is 10.6. The molecule has 3 heteroatoms. The third-order valence-electron chi connectivity index (χ3n) is 3.37. The molecule has 3 nitrogen and oxygen atoms in total. The minimum Gasteiger partial charge on any atom is -0.491 e. The van der Waals surface area contributed by atoms with Gasteiger partial charge in [0.1, 0.15) is 12.4 Å². The number of anilines is 1. The van der Waals surface area contributed by atoms with Gasteiger partial charge in [-0.3, -0.25) is 0 Å². The maximum Gasteiger partial charge on any atom is 0.121 e. The Bertz CT molecular complexity index is 348. The van der Waals surface area contributed by atoms with E-state index in [1.54, 1.807) is 7.11 Å². The summed E-state index contributed by atoms with van der Waals surface area (Å²) in [5.74, 6) is 0.910. The van der Waals surface area contributed by atoms with Crippen molar-refractivity contribution in [2.24, 2.45) is 0 Å². The van der Waals surface area contributed by atoms with Crippen molar-refractivity contribution in [2.45, 2.75) is 38.1 Å². The average molecular weight is 249 g/mol. The summed E-state index contributed by atoms with van der Waals surface area (Å²) in [4.78, 5) is 0. The lowest BCUT2D eigenvalue weighted by Crippen LogP contribution is -2.22. The Hall–Kier alpha value is -1.22. The maximum atomic E-state index is 5.61. The van der Waals surface area contributed by atoms with Gasteiger partial charge in [-0.25, -0.2) is 0 Å². The monoisotopic (exact) mass is 249 g/mol. The predicted octanol–water partition coefficient (Wildman–Crippen LogP) is 3.46. The maximum absolute atomic E-state index is 5.61. The van der Waals surface area contributed by atoms with Gasteiger partial charge in [-0.1, -0.05) is 25.3 Å². The molecule has 0 amide bonds. The molecule has 1 N–H and O–H groups in total. The second-order valence-electron chi connectivity index (χ2n) is 4.85. The molecular formula is C15H23NO2. The normalized spacial score (nSPS) is 16.5. The van der Waals surface area contributed by atoms with Gasteiger partial charge in [0, 0.05) is 24.9 Å². The highest BCUT2D eigenvalue weighted by Gasteiger charge is 2.12.